The van der Waals surface area contributed by atoms with Gasteiger partial charge >= 0.3 is 0 Å². The number of nitrogens with one attached hydrogen (secondary N) is 1. The smallest absolute Gasteiger partial charge is 0.126 e. The van der Waals surface area contributed by atoms with E-state index in [-0.39, 0.29) is 5.82 Å². The van der Waals surface area contributed by atoms with Crippen molar-refractivity contribution in [2.75, 3.05) is 6.54 Å². The maximum atomic E-state index is 13.3. The minimum absolute atomic E-state index is 0.168. The minimum atomic E-state index is -0.168. The van der Waals surface area contributed by atoms with Crippen molar-refractivity contribution in [3.05, 3.63) is 40.7 Å². The average molecular weight is 278 g/mol. The molecule has 0 saturated heterocycles. The number of nitrogens with zero attached hydrogens (tertiary/aromatic N) is 1. The summed E-state index contributed by atoms with van der Waals surface area (Å²) < 4.78 is 13.3. The summed E-state index contributed by atoms with van der Waals surface area (Å²) in [6.07, 6.45) is 3.03. The van der Waals surface area contributed by atoms with Gasteiger partial charge in [0.05, 0.1) is 0 Å². The lowest BCUT2D eigenvalue weighted by Crippen LogP contribution is -2.18. The van der Waals surface area contributed by atoms with E-state index >= 15 is 0 Å². The second-order valence-corrected chi connectivity index (χ2v) is 5.77. The van der Waals surface area contributed by atoms with Gasteiger partial charge in [-0.1, -0.05) is 6.92 Å². The first-order valence-electron chi connectivity index (χ1n) is 6.57. The lowest BCUT2D eigenvalue weighted by Gasteiger charge is -2.09. The summed E-state index contributed by atoms with van der Waals surface area (Å²) in [6.45, 7) is 7.07. The van der Waals surface area contributed by atoms with Crippen LogP contribution < -0.4 is 5.32 Å². The molecule has 0 aliphatic rings. The van der Waals surface area contributed by atoms with Crippen molar-refractivity contribution in [2.24, 2.45) is 0 Å². The summed E-state index contributed by atoms with van der Waals surface area (Å²) in [5.41, 5.74) is 1.64. The number of rotatable bonds is 5. The first kappa shape index (κ1) is 14.2. The van der Waals surface area contributed by atoms with Crippen LogP contribution in [-0.2, 0) is 0 Å². The summed E-state index contributed by atoms with van der Waals surface area (Å²) in [7, 11) is 0. The average Bonchev–Trinajstić information content (AvgIpc) is 2.89. The molecule has 1 N–H and O–H groups in total. The molecule has 2 rings (SSSR count). The van der Waals surface area contributed by atoms with Crippen molar-refractivity contribution in [3.8, 4) is 10.6 Å². The highest BCUT2D eigenvalue weighted by atomic mass is 32.1. The van der Waals surface area contributed by atoms with Gasteiger partial charge in [-0.15, -0.1) is 11.3 Å². The number of hydrogen-bond donors (Lipinski definition) is 1. The Kier molecular flexibility index (Phi) is 4.66. The van der Waals surface area contributed by atoms with Gasteiger partial charge in [-0.25, -0.2) is 9.37 Å². The standard InChI is InChI=1S/C15H19FN2S/c1-4-7-17-11(3)14-9-18-15(19-14)12-5-6-13(16)10(2)8-12/h5-6,8-9,11,17H,4,7H2,1-3H3. The molecule has 1 atom stereocenters. The molecule has 2 nitrogen and oxygen atoms in total. The van der Waals surface area contributed by atoms with E-state index in [0.29, 0.717) is 11.6 Å². The first-order chi connectivity index (χ1) is 9.11. The summed E-state index contributed by atoms with van der Waals surface area (Å²) in [5.74, 6) is -0.168. The normalized spacial score (nSPS) is 12.6. The van der Waals surface area contributed by atoms with Gasteiger partial charge in [0, 0.05) is 22.7 Å². The Balaban J connectivity index is 2.18. The fraction of sp³-hybridized carbons (Fsp3) is 0.400. The Bertz CT molecular complexity index is 551. The van der Waals surface area contributed by atoms with E-state index in [1.165, 1.54) is 10.9 Å². The van der Waals surface area contributed by atoms with Crippen LogP contribution in [0.2, 0.25) is 0 Å². The zero-order valence-electron chi connectivity index (χ0n) is 11.5. The van der Waals surface area contributed by atoms with Gasteiger partial charge in [-0.2, -0.15) is 0 Å². The summed E-state index contributed by atoms with van der Waals surface area (Å²) in [6, 6.07) is 5.45. The molecule has 0 bridgehead atoms. The highest BCUT2D eigenvalue weighted by Gasteiger charge is 2.11. The second-order valence-electron chi connectivity index (χ2n) is 4.71. The van der Waals surface area contributed by atoms with Gasteiger partial charge in [0.1, 0.15) is 10.8 Å². The molecule has 1 heterocycles. The van der Waals surface area contributed by atoms with Gasteiger partial charge in [-0.05, 0) is 50.6 Å². The first-order valence-corrected chi connectivity index (χ1v) is 7.39. The molecular weight excluding hydrogens is 259 g/mol. The van der Waals surface area contributed by atoms with E-state index in [2.05, 4.69) is 24.1 Å². The van der Waals surface area contributed by atoms with Gasteiger partial charge in [0.25, 0.3) is 0 Å². The van der Waals surface area contributed by atoms with Gasteiger partial charge in [-0.3, -0.25) is 0 Å². The van der Waals surface area contributed by atoms with Gasteiger partial charge < -0.3 is 5.32 Å². The zero-order valence-corrected chi connectivity index (χ0v) is 12.4. The van der Waals surface area contributed by atoms with Crippen molar-refractivity contribution in [1.29, 1.82) is 0 Å². The van der Waals surface area contributed by atoms with E-state index in [9.17, 15) is 4.39 Å². The van der Waals surface area contributed by atoms with Crippen LogP contribution in [0.3, 0.4) is 0 Å². The highest BCUT2D eigenvalue weighted by Crippen LogP contribution is 2.29. The second kappa shape index (κ2) is 6.26. The largest absolute Gasteiger partial charge is 0.309 e. The predicted molar refractivity (Wildman–Crippen MR) is 79.0 cm³/mol. The molecule has 102 valence electrons. The van der Waals surface area contributed by atoms with Crippen molar-refractivity contribution in [2.45, 2.75) is 33.2 Å². The van der Waals surface area contributed by atoms with Gasteiger partial charge in [0.15, 0.2) is 0 Å². The third kappa shape index (κ3) is 3.39. The molecule has 2 aromatic rings. The lowest BCUT2D eigenvalue weighted by molar-refractivity contribution is 0.577. The molecule has 1 unspecified atom stereocenters. The Labute approximate surface area is 117 Å². The molecule has 0 saturated carbocycles. The van der Waals surface area contributed by atoms with Crippen LogP contribution in [0.4, 0.5) is 4.39 Å². The highest BCUT2D eigenvalue weighted by molar-refractivity contribution is 7.15. The Morgan fingerprint density at radius 2 is 2.21 bits per heavy atom. The number of thiazole rings is 1. The van der Waals surface area contributed by atoms with Crippen LogP contribution in [0, 0.1) is 12.7 Å². The zero-order chi connectivity index (χ0) is 13.8. The van der Waals surface area contributed by atoms with Crippen LogP contribution in [-0.4, -0.2) is 11.5 Å². The Morgan fingerprint density at radius 1 is 1.42 bits per heavy atom. The summed E-state index contributed by atoms with van der Waals surface area (Å²) >= 11 is 1.66. The van der Waals surface area contributed by atoms with E-state index in [0.717, 1.165) is 23.5 Å². The van der Waals surface area contributed by atoms with E-state index in [1.54, 1.807) is 24.3 Å². The number of benzene rings is 1. The molecule has 0 aliphatic carbocycles. The maximum absolute atomic E-state index is 13.3. The minimum Gasteiger partial charge on any atom is -0.309 e. The number of aromatic nitrogens is 1. The fourth-order valence-corrected chi connectivity index (χ4v) is 2.80. The molecule has 0 amide bonds. The topological polar surface area (TPSA) is 24.9 Å². The quantitative estimate of drug-likeness (QED) is 0.881. The molecule has 19 heavy (non-hydrogen) atoms. The van der Waals surface area contributed by atoms with Gasteiger partial charge in [0.2, 0.25) is 0 Å². The third-order valence-corrected chi connectivity index (χ3v) is 4.28. The van der Waals surface area contributed by atoms with E-state index < -0.39 is 0 Å². The molecular formula is C15H19FN2S. The Hall–Kier alpha value is -1.26. The maximum Gasteiger partial charge on any atom is 0.126 e. The number of halogens is 1. The molecule has 1 aromatic carbocycles. The monoisotopic (exact) mass is 278 g/mol. The molecule has 0 aliphatic heterocycles. The van der Waals surface area contributed by atoms with Crippen molar-refractivity contribution in [1.82, 2.24) is 10.3 Å². The number of hydrogen-bond acceptors (Lipinski definition) is 3. The summed E-state index contributed by atoms with van der Waals surface area (Å²) in [4.78, 5) is 5.66. The van der Waals surface area contributed by atoms with E-state index in [4.69, 9.17) is 0 Å². The lowest BCUT2D eigenvalue weighted by atomic mass is 10.1. The Morgan fingerprint density at radius 3 is 2.89 bits per heavy atom. The van der Waals surface area contributed by atoms with Crippen molar-refractivity contribution >= 4 is 11.3 Å². The van der Waals surface area contributed by atoms with Crippen LogP contribution in [0.15, 0.2) is 24.4 Å². The van der Waals surface area contributed by atoms with Crippen LogP contribution in [0.1, 0.15) is 36.8 Å². The SMILES string of the molecule is CCCNC(C)c1cnc(-c2ccc(F)c(C)c2)s1. The van der Waals surface area contributed by atoms with E-state index in [1.807, 2.05) is 12.3 Å². The third-order valence-electron chi connectivity index (χ3n) is 3.06. The molecule has 4 heteroatoms. The van der Waals surface area contributed by atoms with Crippen LogP contribution >= 0.6 is 11.3 Å². The molecule has 1 aromatic heterocycles. The van der Waals surface area contributed by atoms with Crippen LogP contribution in [0.25, 0.3) is 10.6 Å². The molecule has 0 spiro atoms. The molecule has 0 fully saturated rings. The molecule has 0 radical (unpaired) electrons. The van der Waals surface area contributed by atoms with Crippen molar-refractivity contribution < 1.29 is 4.39 Å². The van der Waals surface area contributed by atoms with Crippen molar-refractivity contribution in [3.63, 3.8) is 0 Å². The number of aryl methyl sites for hydroxylation is 1. The predicted octanol–water partition coefficient (Wildman–Crippen LogP) is 4.32. The fourth-order valence-electron chi connectivity index (χ4n) is 1.86. The summed E-state index contributed by atoms with van der Waals surface area (Å²) in [5, 5.41) is 4.39. The van der Waals surface area contributed by atoms with Crippen LogP contribution in [0.5, 0.6) is 0 Å².